The van der Waals surface area contributed by atoms with Crippen LogP contribution in [0.15, 0.2) is 5.03 Å². The monoisotopic (exact) mass is 301 g/mol. The summed E-state index contributed by atoms with van der Waals surface area (Å²) in [4.78, 5) is 0. The Hall–Kier alpha value is -0.920. The smallest absolute Gasteiger partial charge is 0.260 e. The average molecular weight is 301 g/mol. The summed E-state index contributed by atoms with van der Waals surface area (Å²) in [6, 6.07) is 0. The van der Waals surface area contributed by atoms with Crippen LogP contribution in [0, 0.1) is 12.8 Å². The third-order valence-corrected chi connectivity index (χ3v) is 5.45. The summed E-state index contributed by atoms with van der Waals surface area (Å²) in [5.74, 6) is 0.629. The molecule has 1 heterocycles. The molecule has 0 atom stereocenters. The lowest BCUT2D eigenvalue weighted by atomic mass is 9.87. The first-order valence-corrected chi connectivity index (χ1v) is 8.67. The second-order valence-electron chi connectivity index (χ2n) is 5.48. The van der Waals surface area contributed by atoms with Crippen LogP contribution in [0.4, 0.5) is 0 Å². The fourth-order valence-corrected chi connectivity index (χ4v) is 4.01. The molecule has 0 aliphatic heterocycles. The summed E-state index contributed by atoms with van der Waals surface area (Å²) >= 11 is 0. The molecule has 0 saturated heterocycles. The average Bonchev–Trinajstić information content (AvgIpc) is 2.81. The number of aromatic amines is 1. The molecule has 1 aliphatic carbocycles. The van der Waals surface area contributed by atoms with Gasteiger partial charge in [0.25, 0.3) is 10.0 Å². The molecule has 7 heteroatoms. The highest BCUT2D eigenvalue weighted by Gasteiger charge is 2.23. The van der Waals surface area contributed by atoms with Gasteiger partial charge >= 0.3 is 0 Å². The Bertz CT molecular complexity index is 533. The van der Waals surface area contributed by atoms with Crippen molar-refractivity contribution in [3.05, 3.63) is 11.3 Å². The lowest BCUT2D eigenvalue weighted by Gasteiger charge is -2.21. The zero-order valence-corrected chi connectivity index (χ0v) is 12.7. The van der Waals surface area contributed by atoms with Crippen LogP contribution in [0.2, 0.25) is 0 Å². The minimum Gasteiger partial charge on any atom is -0.392 e. The van der Waals surface area contributed by atoms with Crippen LogP contribution in [0.3, 0.4) is 0 Å². The van der Waals surface area contributed by atoms with Gasteiger partial charge < -0.3 is 5.11 Å². The van der Waals surface area contributed by atoms with Crippen molar-refractivity contribution < 1.29 is 13.5 Å². The highest BCUT2D eigenvalue weighted by molar-refractivity contribution is 7.89. The fourth-order valence-electron chi connectivity index (χ4n) is 2.78. The van der Waals surface area contributed by atoms with Crippen molar-refractivity contribution in [2.45, 2.75) is 57.1 Å². The molecular formula is C13H23N3O3S. The number of aliphatic hydroxyl groups is 1. The molecule has 1 fully saturated rings. The summed E-state index contributed by atoms with van der Waals surface area (Å²) in [6.07, 6.45) is 7.08. The van der Waals surface area contributed by atoms with Gasteiger partial charge in [-0.15, -0.1) is 0 Å². The van der Waals surface area contributed by atoms with E-state index in [2.05, 4.69) is 14.9 Å². The zero-order valence-electron chi connectivity index (χ0n) is 11.9. The maximum atomic E-state index is 12.2. The van der Waals surface area contributed by atoms with Crippen molar-refractivity contribution in [3.63, 3.8) is 0 Å². The molecular weight excluding hydrogens is 278 g/mol. The van der Waals surface area contributed by atoms with E-state index in [1.165, 1.54) is 32.1 Å². The largest absolute Gasteiger partial charge is 0.392 e. The Morgan fingerprint density at radius 1 is 1.35 bits per heavy atom. The lowest BCUT2D eigenvalue weighted by molar-refractivity contribution is 0.277. The molecule has 2 rings (SSSR count). The zero-order chi connectivity index (χ0) is 14.6. The van der Waals surface area contributed by atoms with E-state index in [1.54, 1.807) is 6.92 Å². The van der Waals surface area contributed by atoms with Crippen molar-refractivity contribution in [2.75, 3.05) is 6.54 Å². The predicted octanol–water partition coefficient (Wildman–Crippen LogP) is 1.46. The first-order valence-electron chi connectivity index (χ1n) is 7.19. The molecule has 20 heavy (non-hydrogen) atoms. The van der Waals surface area contributed by atoms with Gasteiger partial charge in [-0.25, -0.2) is 13.1 Å². The number of hydrogen-bond acceptors (Lipinski definition) is 4. The summed E-state index contributed by atoms with van der Waals surface area (Å²) in [5.41, 5.74) is 0.926. The second kappa shape index (κ2) is 6.69. The molecule has 0 radical (unpaired) electrons. The SMILES string of the molecule is Cc1[nH]nc(S(=O)(=O)NCCC2CCCCC2)c1CO. The summed E-state index contributed by atoms with van der Waals surface area (Å²) in [5, 5.41) is 15.5. The Labute approximate surface area is 120 Å². The first-order chi connectivity index (χ1) is 9.54. The second-order valence-corrected chi connectivity index (χ2v) is 7.16. The fraction of sp³-hybridized carbons (Fsp3) is 0.769. The van der Waals surface area contributed by atoms with Gasteiger partial charge in [0.15, 0.2) is 5.03 Å². The van der Waals surface area contributed by atoms with E-state index in [0.717, 1.165) is 6.42 Å². The molecule has 1 saturated carbocycles. The van der Waals surface area contributed by atoms with Crippen LogP contribution in [-0.2, 0) is 16.6 Å². The quantitative estimate of drug-likeness (QED) is 0.741. The molecule has 0 amide bonds. The normalized spacial score (nSPS) is 17.5. The molecule has 0 spiro atoms. The van der Waals surface area contributed by atoms with Crippen LogP contribution in [-0.4, -0.2) is 30.3 Å². The topological polar surface area (TPSA) is 95.1 Å². The van der Waals surface area contributed by atoms with Crippen molar-refractivity contribution in [1.82, 2.24) is 14.9 Å². The van der Waals surface area contributed by atoms with Gasteiger partial charge in [-0.2, -0.15) is 5.10 Å². The minimum absolute atomic E-state index is 0.0823. The number of aliphatic hydroxyl groups excluding tert-OH is 1. The third kappa shape index (κ3) is 3.59. The van der Waals surface area contributed by atoms with Gasteiger partial charge in [0.2, 0.25) is 0 Å². The van der Waals surface area contributed by atoms with E-state index < -0.39 is 10.0 Å². The van der Waals surface area contributed by atoms with Crippen LogP contribution in [0.25, 0.3) is 0 Å². The van der Waals surface area contributed by atoms with E-state index in [0.29, 0.717) is 23.7 Å². The molecule has 114 valence electrons. The summed E-state index contributed by atoms with van der Waals surface area (Å²) < 4.78 is 26.9. The number of aromatic nitrogens is 2. The number of hydrogen-bond donors (Lipinski definition) is 3. The number of H-pyrrole nitrogens is 1. The number of rotatable bonds is 6. The number of nitrogens with one attached hydrogen (secondary N) is 2. The Kier molecular flexibility index (Phi) is 5.17. The van der Waals surface area contributed by atoms with Gasteiger partial charge in [0, 0.05) is 17.8 Å². The van der Waals surface area contributed by atoms with Crippen molar-refractivity contribution >= 4 is 10.0 Å². The van der Waals surface area contributed by atoms with Crippen molar-refractivity contribution in [1.29, 1.82) is 0 Å². The lowest BCUT2D eigenvalue weighted by Crippen LogP contribution is -2.27. The standard InChI is InChI=1S/C13H23N3O3S/c1-10-12(9-17)13(16-15-10)20(18,19)14-8-7-11-5-3-2-4-6-11/h11,14,17H,2-9H2,1H3,(H,15,16). The maximum Gasteiger partial charge on any atom is 0.260 e. The minimum atomic E-state index is -3.64. The first kappa shape index (κ1) is 15.5. The molecule has 1 aromatic rings. The molecule has 3 N–H and O–H groups in total. The van der Waals surface area contributed by atoms with E-state index >= 15 is 0 Å². The van der Waals surface area contributed by atoms with Crippen LogP contribution >= 0.6 is 0 Å². The van der Waals surface area contributed by atoms with Gasteiger partial charge in [0.1, 0.15) is 0 Å². The number of nitrogens with zero attached hydrogens (tertiary/aromatic N) is 1. The summed E-state index contributed by atoms with van der Waals surface area (Å²) in [7, 11) is -3.64. The molecule has 0 aromatic carbocycles. The highest BCUT2D eigenvalue weighted by Crippen LogP contribution is 2.26. The van der Waals surface area contributed by atoms with Crippen LogP contribution in [0.5, 0.6) is 0 Å². The van der Waals surface area contributed by atoms with E-state index in [9.17, 15) is 13.5 Å². The highest BCUT2D eigenvalue weighted by atomic mass is 32.2. The van der Waals surface area contributed by atoms with Crippen LogP contribution < -0.4 is 4.72 Å². The third-order valence-electron chi connectivity index (χ3n) is 4.02. The summed E-state index contributed by atoms with van der Waals surface area (Å²) in [6.45, 7) is 1.80. The maximum absolute atomic E-state index is 12.2. The molecule has 1 aliphatic rings. The van der Waals surface area contributed by atoms with Crippen molar-refractivity contribution in [2.24, 2.45) is 5.92 Å². The van der Waals surface area contributed by atoms with Gasteiger partial charge in [-0.05, 0) is 19.3 Å². The number of sulfonamides is 1. The number of aryl methyl sites for hydroxylation is 1. The van der Waals surface area contributed by atoms with Gasteiger partial charge in [-0.1, -0.05) is 32.1 Å². The molecule has 0 unspecified atom stereocenters. The van der Waals surface area contributed by atoms with E-state index in [1.807, 2.05) is 0 Å². The van der Waals surface area contributed by atoms with Crippen molar-refractivity contribution in [3.8, 4) is 0 Å². The van der Waals surface area contributed by atoms with E-state index in [-0.39, 0.29) is 11.6 Å². The van der Waals surface area contributed by atoms with E-state index in [4.69, 9.17) is 0 Å². The molecule has 0 bridgehead atoms. The molecule has 1 aromatic heterocycles. The Morgan fingerprint density at radius 2 is 2.05 bits per heavy atom. The Morgan fingerprint density at radius 3 is 2.70 bits per heavy atom. The van der Waals surface area contributed by atoms with Crippen LogP contribution in [0.1, 0.15) is 49.8 Å². The predicted molar refractivity (Wildman–Crippen MR) is 75.6 cm³/mol. The van der Waals surface area contributed by atoms with Gasteiger partial charge in [-0.3, -0.25) is 5.10 Å². The molecule has 6 nitrogen and oxygen atoms in total. The van der Waals surface area contributed by atoms with Gasteiger partial charge in [0.05, 0.1) is 6.61 Å². The Balaban J connectivity index is 1.93.